The molecule has 0 radical (unpaired) electrons. The highest BCUT2D eigenvalue weighted by Crippen LogP contribution is 2.24. The third-order valence-electron chi connectivity index (χ3n) is 3.37. The van der Waals surface area contributed by atoms with Gasteiger partial charge in [0.15, 0.2) is 0 Å². The summed E-state index contributed by atoms with van der Waals surface area (Å²) in [5, 5.41) is 7.56. The monoisotopic (exact) mass is 247 g/mol. The molecule has 2 rings (SSSR count). The Hall–Kier alpha value is -1.58. The topological polar surface area (TPSA) is 72.0 Å². The lowest BCUT2D eigenvalue weighted by atomic mass is 10.1. The van der Waals surface area contributed by atoms with Gasteiger partial charge in [-0.1, -0.05) is 12.8 Å². The van der Waals surface area contributed by atoms with E-state index in [2.05, 4.69) is 4.98 Å². The van der Waals surface area contributed by atoms with Gasteiger partial charge in [0.05, 0.1) is 5.56 Å². The van der Waals surface area contributed by atoms with Crippen LogP contribution in [0.15, 0.2) is 12.1 Å². The fraction of sp³-hybridized carbons (Fsp3) is 0.571. The second kappa shape index (κ2) is 5.85. The molecule has 0 bridgehead atoms. The van der Waals surface area contributed by atoms with Gasteiger partial charge in [0.1, 0.15) is 11.9 Å². The van der Waals surface area contributed by atoms with Crippen LogP contribution >= 0.6 is 0 Å². The molecule has 0 atom stereocenters. The lowest BCUT2D eigenvalue weighted by Gasteiger charge is -2.18. The summed E-state index contributed by atoms with van der Waals surface area (Å²) in [5.41, 5.74) is 7.06. The number of aromatic nitrogens is 1. The molecule has 0 spiro atoms. The minimum Gasteiger partial charge on any atom is -0.474 e. The molecule has 0 amide bonds. The van der Waals surface area contributed by atoms with Crippen LogP contribution in [0.1, 0.15) is 49.8 Å². The zero-order chi connectivity index (χ0) is 13.0. The highest BCUT2D eigenvalue weighted by molar-refractivity contribution is 5.97. The summed E-state index contributed by atoms with van der Waals surface area (Å²) >= 11 is 0. The van der Waals surface area contributed by atoms with Gasteiger partial charge in [-0.15, -0.1) is 0 Å². The minimum atomic E-state index is 0.0196. The second-order valence-corrected chi connectivity index (χ2v) is 4.95. The molecule has 0 saturated heterocycles. The van der Waals surface area contributed by atoms with E-state index in [1.54, 1.807) is 0 Å². The van der Waals surface area contributed by atoms with Gasteiger partial charge in [-0.3, -0.25) is 5.41 Å². The lowest BCUT2D eigenvalue weighted by molar-refractivity contribution is 0.175. The van der Waals surface area contributed by atoms with Gasteiger partial charge in [0, 0.05) is 5.69 Å². The molecule has 1 fully saturated rings. The maximum Gasteiger partial charge on any atom is 0.225 e. The zero-order valence-corrected chi connectivity index (χ0v) is 10.9. The van der Waals surface area contributed by atoms with Crippen molar-refractivity contribution in [2.75, 3.05) is 0 Å². The number of hydrogen-bond acceptors (Lipinski definition) is 3. The number of nitrogens with two attached hydrogens (primary N) is 1. The Labute approximate surface area is 108 Å². The van der Waals surface area contributed by atoms with Crippen LogP contribution in [0.5, 0.6) is 5.88 Å². The summed E-state index contributed by atoms with van der Waals surface area (Å²) < 4.78 is 5.98. The SMILES string of the molecule is Cc1ccc(C(=N)N)c(OC2CCCCCC2)n1. The average Bonchev–Trinajstić information content (AvgIpc) is 2.57. The molecule has 0 unspecified atom stereocenters. The maximum atomic E-state index is 7.56. The smallest absolute Gasteiger partial charge is 0.225 e. The minimum absolute atomic E-state index is 0.0196. The first-order valence-electron chi connectivity index (χ1n) is 6.65. The summed E-state index contributed by atoms with van der Waals surface area (Å²) in [6.45, 7) is 1.92. The predicted molar refractivity (Wildman–Crippen MR) is 72.1 cm³/mol. The van der Waals surface area contributed by atoms with Gasteiger partial charge in [0.2, 0.25) is 5.88 Å². The van der Waals surface area contributed by atoms with Crippen LogP contribution in [0.4, 0.5) is 0 Å². The van der Waals surface area contributed by atoms with Crippen molar-refractivity contribution in [3.05, 3.63) is 23.4 Å². The van der Waals surface area contributed by atoms with E-state index >= 15 is 0 Å². The molecule has 1 saturated carbocycles. The molecule has 1 aromatic heterocycles. The molecule has 1 aliphatic rings. The first kappa shape index (κ1) is 12.9. The number of hydrogen-bond donors (Lipinski definition) is 2. The van der Waals surface area contributed by atoms with Gasteiger partial charge in [0.25, 0.3) is 0 Å². The van der Waals surface area contributed by atoms with Gasteiger partial charge in [-0.05, 0) is 44.7 Å². The number of ether oxygens (including phenoxy) is 1. The van der Waals surface area contributed by atoms with Crippen molar-refractivity contribution < 1.29 is 4.74 Å². The van der Waals surface area contributed by atoms with Gasteiger partial charge in [-0.25, -0.2) is 4.98 Å². The van der Waals surface area contributed by atoms with Gasteiger partial charge in [-0.2, -0.15) is 0 Å². The van der Waals surface area contributed by atoms with Crippen molar-refractivity contribution in [2.24, 2.45) is 5.73 Å². The van der Waals surface area contributed by atoms with E-state index in [4.69, 9.17) is 15.9 Å². The second-order valence-electron chi connectivity index (χ2n) is 4.95. The van der Waals surface area contributed by atoms with Crippen molar-refractivity contribution in [3.63, 3.8) is 0 Å². The Morgan fingerprint density at radius 3 is 2.56 bits per heavy atom. The molecule has 1 heterocycles. The van der Waals surface area contributed by atoms with Gasteiger partial charge < -0.3 is 10.5 Å². The molecular weight excluding hydrogens is 226 g/mol. The quantitative estimate of drug-likeness (QED) is 0.490. The Morgan fingerprint density at radius 2 is 1.94 bits per heavy atom. The first-order chi connectivity index (χ1) is 8.66. The standard InChI is InChI=1S/C14H21N3O/c1-10-8-9-12(13(15)16)14(17-10)18-11-6-4-2-3-5-7-11/h8-9,11H,2-7H2,1H3,(H3,15,16). The fourth-order valence-corrected chi connectivity index (χ4v) is 2.35. The van der Waals surface area contributed by atoms with E-state index < -0.39 is 0 Å². The molecule has 4 heteroatoms. The van der Waals surface area contributed by atoms with Crippen LogP contribution < -0.4 is 10.5 Å². The number of nitrogens with one attached hydrogen (secondary N) is 1. The maximum absolute atomic E-state index is 7.56. The van der Waals surface area contributed by atoms with Crippen molar-refractivity contribution >= 4 is 5.84 Å². The number of rotatable bonds is 3. The van der Waals surface area contributed by atoms with Crippen molar-refractivity contribution in [2.45, 2.75) is 51.6 Å². The van der Waals surface area contributed by atoms with Crippen LogP contribution in [0.25, 0.3) is 0 Å². The highest BCUT2D eigenvalue weighted by atomic mass is 16.5. The third-order valence-corrected chi connectivity index (χ3v) is 3.37. The molecule has 4 nitrogen and oxygen atoms in total. The largest absolute Gasteiger partial charge is 0.474 e. The van der Waals surface area contributed by atoms with Crippen molar-refractivity contribution in [1.29, 1.82) is 5.41 Å². The number of nitrogen functional groups attached to an aromatic ring is 1. The summed E-state index contributed by atoms with van der Waals surface area (Å²) in [6.07, 6.45) is 7.39. The number of pyridine rings is 1. The van der Waals surface area contributed by atoms with E-state index in [0.29, 0.717) is 11.4 Å². The fourth-order valence-electron chi connectivity index (χ4n) is 2.35. The number of amidine groups is 1. The molecule has 1 aromatic rings. The van der Waals surface area contributed by atoms with Crippen LogP contribution in [-0.2, 0) is 0 Å². The average molecular weight is 247 g/mol. The summed E-state index contributed by atoms with van der Waals surface area (Å²) in [5.74, 6) is 0.542. The Morgan fingerprint density at radius 1 is 1.28 bits per heavy atom. The molecule has 0 aromatic carbocycles. The zero-order valence-electron chi connectivity index (χ0n) is 10.9. The van der Waals surface area contributed by atoms with Crippen molar-refractivity contribution in [1.82, 2.24) is 4.98 Å². The van der Waals surface area contributed by atoms with Crippen LogP contribution in [-0.4, -0.2) is 16.9 Å². The van der Waals surface area contributed by atoms with E-state index in [1.165, 1.54) is 25.7 Å². The number of nitrogens with zero attached hydrogens (tertiary/aromatic N) is 1. The predicted octanol–water partition coefficient (Wildman–Crippen LogP) is 2.78. The number of aryl methyl sites for hydroxylation is 1. The molecule has 3 N–H and O–H groups in total. The normalized spacial score (nSPS) is 17.2. The third kappa shape index (κ3) is 3.22. The highest BCUT2D eigenvalue weighted by Gasteiger charge is 2.17. The molecule has 0 aliphatic heterocycles. The molecular formula is C14H21N3O. The summed E-state index contributed by atoms with van der Waals surface area (Å²) in [6, 6.07) is 3.67. The van der Waals surface area contributed by atoms with E-state index in [-0.39, 0.29) is 11.9 Å². The molecule has 98 valence electrons. The lowest BCUT2D eigenvalue weighted by Crippen LogP contribution is -2.20. The molecule has 18 heavy (non-hydrogen) atoms. The Balaban J connectivity index is 2.15. The van der Waals surface area contributed by atoms with Gasteiger partial charge >= 0.3 is 0 Å². The Kier molecular flexibility index (Phi) is 4.18. The van der Waals surface area contributed by atoms with Crippen LogP contribution in [0.3, 0.4) is 0 Å². The first-order valence-corrected chi connectivity index (χ1v) is 6.65. The van der Waals surface area contributed by atoms with Crippen LogP contribution in [0.2, 0.25) is 0 Å². The Bertz CT molecular complexity index is 423. The van der Waals surface area contributed by atoms with Crippen molar-refractivity contribution in [3.8, 4) is 5.88 Å². The van der Waals surface area contributed by atoms with E-state index in [1.807, 2.05) is 19.1 Å². The summed E-state index contributed by atoms with van der Waals surface area (Å²) in [7, 11) is 0. The van der Waals surface area contributed by atoms with E-state index in [9.17, 15) is 0 Å². The summed E-state index contributed by atoms with van der Waals surface area (Å²) in [4.78, 5) is 4.38. The van der Waals surface area contributed by atoms with E-state index in [0.717, 1.165) is 18.5 Å². The molecule has 1 aliphatic carbocycles. The van der Waals surface area contributed by atoms with Crippen LogP contribution in [0, 0.1) is 12.3 Å².